The monoisotopic (exact) mass is 613 g/mol. The molecular formula is C30H32F3N6O3S+. The first-order chi connectivity index (χ1) is 20.3. The van der Waals surface area contributed by atoms with Crippen molar-refractivity contribution in [3.8, 4) is 22.9 Å². The van der Waals surface area contributed by atoms with E-state index in [4.69, 9.17) is 4.74 Å². The molecule has 0 aliphatic carbocycles. The number of urea groups is 1. The molecule has 2 aromatic carbocycles. The molecule has 0 saturated carbocycles. The largest absolute Gasteiger partial charge is 0.437 e. The number of halogens is 3. The highest BCUT2D eigenvalue weighted by Gasteiger charge is 2.53. The number of fused-ring (bicyclic) bond motifs is 1. The van der Waals surface area contributed by atoms with E-state index in [1.807, 2.05) is 33.8 Å². The fourth-order valence-electron chi connectivity index (χ4n) is 6.12. The molecule has 226 valence electrons. The lowest BCUT2D eigenvalue weighted by Crippen LogP contribution is -2.64. The van der Waals surface area contributed by atoms with Crippen LogP contribution in [0.1, 0.15) is 53.0 Å². The molecule has 9 nitrogen and oxygen atoms in total. The normalized spacial score (nSPS) is 20.4. The predicted molar refractivity (Wildman–Crippen MR) is 159 cm³/mol. The number of hydrogen-bond donors (Lipinski definition) is 2. The summed E-state index contributed by atoms with van der Waals surface area (Å²) in [5.41, 5.74) is 0.165. The second-order valence-corrected chi connectivity index (χ2v) is 12.1. The summed E-state index contributed by atoms with van der Waals surface area (Å²) < 4.78 is 48.3. The van der Waals surface area contributed by atoms with Gasteiger partial charge in [0.15, 0.2) is 10.9 Å². The zero-order valence-corrected chi connectivity index (χ0v) is 25.1. The summed E-state index contributed by atoms with van der Waals surface area (Å²) in [6, 6.07) is 9.55. The van der Waals surface area contributed by atoms with Crippen molar-refractivity contribution in [3.05, 3.63) is 54.4 Å². The number of carbonyl (C=O) groups is 2. The number of para-hydroxylation sites is 1. The Morgan fingerprint density at radius 3 is 2.42 bits per heavy atom. The molecule has 2 N–H and O–H groups in total. The highest BCUT2D eigenvalue weighted by atomic mass is 32.1. The molecule has 2 unspecified atom stereocenters. The maximum absolute atomic E-state index is 13.9. The number of nitrogens with zero attached hydrogens (tertiary/aromatic N) is 4. The van der Waals surface area contributed by atoms with Crippen LogP contribution in [0.15, 0.2) is 48.8 Å². The van der Waals surface area contributed by atoms with Crippen LogP contribution in [0.5, 0.6) is 11.6 Å². The minimum atomic E-state index is -4.61. The molecular weight excluding hydrogens is 581 g/mol. The number of alkyl halides is 3. The Morgan fingerprint density at radius 1 is 1.05 bits per heavy atom. The van der Waals surface area contributed by atoms with E-state index in [1.54, 1.807) is 12.1 Å². The van der Waals surface area contributed by atoms with Crippen molar-refractivity contribution >= 4 is 44.3 Å². The zero-order chi connectivity index (χ0) is 31.1. The lowest BCUT2D eigenvalue weighted by molar-refractivity contribution is -0.900. The Balaban J connectivity index is 1.52. The molecule has 5 rings (SSSR count). The SMILES string of the molecule is CC(=O)Nc1nc2c(Oc3cc(-c4ccc(C(F)(F)F)cc4NC(=O)[N+]4(C(C)C)C(C)CC[C@H]4C)ncn3)cccc2s1. The van der Waals surface area contributed by atoms with E-state index in [-0.39, 0.29) is 57.4 Å². The standard InChI is InChI=1S/C30H31F3N6O3S/c1-16(2)39(17(3)9-10-18(39)4)29(41)37-23-13-20(30(31,32)33)11-12-21(23)22-14-26(35-15-34-22)42-24-7-6-8-25-27(24)38-28(43-25)36-19(5)40/h6-8,11-18H,9-10H2,1-5H3,(H-,34,35,36,37,38,40,41)/p+1/t17-,18?,39?/m1/s1. The van der Waals surface area contributed by atoms with Gasteiger partial charge >= 0.3 is 12.2 Å². The van der Waals surface area contributed by atoms with Gasteiger partial charge in [-0.2, -0.15) is 13.2 Å². The third-order valence-electron chi connectivity index (χ3n) is 8.05. The van der Waals surface area contributed by atoms with E-state index in [9.17, 15) is 22.8 Å². The van der Waals surface area contributed by atoms with Crippen molar-refractivity contribution in [3.63, 3.8) is 0 Å². The van der Waals surface area contributed by atoms with Crippen LogP contribution in [0.3, 0.4) is 0 Å². The molecule has 3 heterocycles. The smallest absolute Gasteiger partial charge is 0.421 e. The summed E-state index contributed by atoms with van der Waals surface area (Å²) >= 11 is 1.28. The number of likely N-dealkylation sites (tertiary alicyclic amines) is 1. The van der Waals surface area contributed by atoms with E-state index in [0.29, 0.717) is 16.4 Å². The zero-order valence-electron chi connectivity index (χ0n) is 24.3. The molecule has 3 amide bonds. The Bertz CT molecular complexity index is 1680. The molecule has 0 radical (unpaired) electrons. The van der Waals surface area contributed by atoms with Crippen molar-refractivity contribution in [2.24, 2.45) is 0 Å². The van der Waals surface area contributed by atoms with Gasteiger partial charge in [0, 0.05) is 31.4 Å². The van der Waals surface area contributed by atoms with Crippen molar-refractivity contribution in [2.75, 3.05) is 10.6 Å². The molecule has 43 heavy (non-hydrogen) atoms. The van der Waals surface area contributed by atoms with Gasteiger partial charge in [-0.15, -0.1) is 0 Å². The van der Waals surface area contributed by atoms with Crippen LogP contribution in [0.25, 0.3) is 21.5 Å². The molecule has 1 aliphatic heterocycles. The van der Waals surface area contributed by atoms with Gasteiger partial charge in [-0.1, -0.05) is 23.5 Å². The summed E-state index contributed by atoms with van der Waals surface area (Å²) in [7, 11) is 0. The number of anilines is 2. The Hall–Kier alpha value is -4.10. The van der Waals surface area contributed by atoms with Gasteiger partial charge in [-0.3, -0.25) is 10.1 Å². The number of quaternary nitrogens is 1. The van der Waals surface area contributed by atoms with Crippen LogP contribution < -0.4 is 15.4 Å². The van der Waals surface area contributed by atoms with Crippen molar-refractivity contribution in [2.45, 2.75) is 71.8 Å². The number of amides is 3. The second-order valence-electron chi connectivity index (χ2n) is 11.0. The van der Waals surface area contributed by atoms with Gasteiger partial charge in [0.2, 0.25) is 11.8 Å². The Morgan fingerprint density at radius 2 is 1.77 bits per heavy atom. The number of aromatic nitrogens is 3. The molecule has 1 saturated heterocycles. The van der Waals surface area contributed by atoms with Gasteiger partial charge < -0.3 is 10.1 Å². The van der Waals surface area contributed by atoms with Crippen LogP contribution >= 0.6 is 11.3 Å². The number of carbonyl (C=O) groups excluding carboxylic acids is 2. The average molecular weight is 614 g/mol. The third-order valence-corrected chi connectivity index (χ3v) is 8.99. The van der Waals surface area contributed by atoms with Gasteiger partial charge in [0.1, 0.15) is 11.8 Å². The minimum Gasteiger partial charge on any atom is -0.437 e. The topological polar surface area (TPSA) is 106 Å². The lowest BCUT2D eigenvalue weighted by atomic mass is 10.0. The van der Waals surface area contributed by atoms with E-state index in [0.717, 1.165) is 29.7 Å². The summed E-state index contributed by atoms with van der Waals surface area (Å²) in [6.07, 6.45) is -1.69. The van der Waals surface area contributed by atoms with Gasteiger partial charge in [0.05, 0.1) is 39.8 Å². The highest BCUT2D eigenvalue weighted by molar-refractivity contribution is 7.22. The molecule has 2 aromatic heterocycles. The molecule has 3 atom stereocenters. The van der Waals surface area contributed by atoms with Crippen LogP contribution in [-0.4, -0.2) is 49.5 Å². The highest BCUT2D eigenvalue weighted by Crippen LogP contribution is 2.41. The summed E-state index contributed by atoms with van der Waals surface area (Å²) in [5.74, 6) is 0.240. The van der Waals surface area contributed by atoms with E-state index in [1.165, 1.54) is 36.7 Å². The van der Waals surface area contributed by atoms with E-state index < -0.39 is 11.7 Å². The van der Waals surface area contributed by atoms with Crippen molar-refractivity contribution in [1.82, 2.24) is 15.0 Å². The summed E-state index contributed by atoms with van der Waals surface area (Å²) in [6.45, 7) is 9.32. The maximum Gasteiger partial charge on any atom is 0.421 e. The number of hydrogen-bond acceptors (Lipinski definition) is 7. The predicted octanol–water partition coefficient (Wildman–Crippen LogP) is 7.85. The van der Waals surface area contributed by atoms with Crippen molar-refractivity contribution in [1.29, 1.82) is 0 Å². The number of thiazole rings is 1. The number of benzene rings is 2. The molecule has 13 heteroatoms. The first-order valence-corrected chi connectivity index (χ1v) is 14.7. The Labute approximate surface area is 250 Å². The molecule has 1 fully saturated rings. The molecule has 1 aliphatic rings. The quantitative estimate of drug-likeness (QED) is 0.215. The first kappa shape index (κ1) is 30.4. The fourth-order valence-corrected chi connectivity index (χ4v) is 7.05. The number of rotatable bonds is 6. The third kappa shape index (κ3) is 5.78. The molecule has 4 aromatic rings. The molecule has 0 spiro atoms. The first-order valence-electron chi connectivity index (χ1n) is 13.9. The number of nitrogens with one attached hydrogen (secondary N) is 2. The van der Waals surface area contributed by atoms with Crippen molar-refractivity contribution < 1.29 is 32.0 Å². The average Bonchev–Trinajstić information content (AvgIpc) is 3.48. The fraction of sp³-hybridized carbons (Fsp3) is 0.367. The lowest BCUT2D eigenvalue weighted by Gasteiger charge is -2.43. The summed E-state index contributed by atoms with van der Waals surface area (Å²) in [5, 5.41) is 5.92. The van der Waals surface area contributed by atoms with Gasteiger partial charge in [0.25, 0.3) is 0 Å². The second kappa shape index (κ2) is 11.5. The van der Waals surface area contributed by atoms with Gasteiger partial charge in [-0.05, 0) is 52.0 Å². The summed E-state index contributed by atoms with van der Waals surface area (Å²) in [4.78, 5) is 38.3. The van der Waals surface area contributed by atoms with Crippen LogP contribution in [0.4, 0.5) is 28.8 Å². The Kier molecular flexibility index (Phi) is 8.14. The minimum absolute atomic E-state index is 0.00267. The number of ether oxygens (including phenoxy) is 1. The van der Waals surface area contributed by atoms with E-state index >= 15 is 0 Å². The van der Waals surface area contributed by atoms with Crippen LogP contribution in [0.2, 0.25) is 0 Å². The van der Waals surface area contributed by atoms with Crippen LogP contribution in [0, 0.1) is 0 Å². The van der Waals surface area contributed by atoms with E-state index in [2.05, 4.69) is 25.6 Å². The maximum atomic E-state index is 13.9. The molecule has 0 bridgehead atoms. The van der Waals surface area contributed by atoms with Gasteiger partial charge in [-0.25, -0.2) is 24.2 Å². The van der Waals surface area contributed by atoms with Crippen LogP contribution in [-0.2, 0) is 11.0 Å².